The molecular weight excluding hydrogens is 190 g/mol. The van der Waals surface area contributed by atoms with Crippen LogP contribution in [-0.4, -0.2) is 16.1 Å². The summed E-state index contributed by atoms with van der Waals surface area (Å²) >= 11 is 0. The standard InChI is InChI=1S/C12H11NO2/c1-8(12(14)15)6-9-2-3-11-10(7-9)4-5-13-11/h2-5,7,13H,1,6H2,(H,14,15). The lowest BCUT2D eigenvalue weighted by Gasteiger charge is -2.01. The molecule has 1 aromatic heterocycles. The van der Waals surface area contributed by atoms with Gasteiger partial charge < -0.3 is 10.1 Å². The molecule has 0 amide bonds. The molecular formula is C12H11NO2. The SMILES string of the molecule is C=C(Cc1ccc2[nH]ccc2c1)C(=O)O. The molecule has 2 rings (SSSR count). The number of hydrogen-bond donors (Lipinski definition) is 2. The second-order valence-corrected chi connectivity index (χ2v) is 3.48. The van der Waals surface area contributed by atoms with E-state index in [0.717, 1.165) is 16.5 Å². The Bertz CT molecular complexity index is 525. The van der Waals surface area contributed by atoms with Gasteiger partial charge in [0.15, 0.2) is 0 Å². The molecule has 15 heavy (non-hydrogen) atoms. The fraction of sp³-hybridized carbons (Fsp3) is 0.0833. The minimum atomic E-state index is -0.941. The number of rotatable bonds is 3. The zero-order valence-electron chi connectivity index (χ0n) is 8.16. The zero-order valence-corrected chi connectivity index (χ0v) is 8.16. The molecule has 0 radical (unpaired) electrons. The van der Waals surface area contributed by atoms with E-state index in [0.29, 0.717) is 6.42 Å². The van der Waals surface area contributed by atoms with Crippen LogP contribution in [0.4, 0.5) is 0 Å². The first kappa shape index (κ1) is 9.52. The maximum Gasteiger partial charge on any atom is 0.331 e. The Morgan fingerprint density at radius 1 is 1.40 bits per heavy atom. The highest BCUT2D eigenvalue weighted by atomic mass is 16.4. The molecule has 3 nitrogen and oxygen atoms in total. The fourth-order valence-corrected chi connectivity index (χ4v) is 1.53. The quantitative estimate of drug-likeness (QED) is 0.749. The lowest BCUT2D eigenvalue weighted by molar-refractivity contribution is -0.132. The van der Waals surface area contributed by atoms with Crippen LogP contribution in [0.15, 0.2) is 42.6 Å². The monoisotopic (exact) mass is 201 g/mol. The third kappa shape index (κ3) is 1.91. The van der Waals surface area contributed by atoms with Crippen LogP contribution in [0.2, 0.25) is 0 Å². The van der Waals surface area contributed by atoms with E-state index in [1.165, 1.54) is 0 Å². The van der Waals surface area contributed by atoms with Gasteiger partial charge in [0.1, 0.15) is 0 Å². The Labute approximate surface area is 87.0 Å². The van der Waals surface area contributed by atoms with Crippen LogP contribution in [0.1, 0.15) is 5.56 Å². The molecule has 0 saturated heterocycles. The number of benzene rings is 1. The van der Waals surface area contributed by atoms with Crippen LogP contribution in [-0.2, 0) is 11.2 Å². The van der Waals surface area contributed by atoms with E-state index in [1.807, 2.05) is 30.5 Å². The lowest BCUT2D eigenvalue weighted by atomic mass is 10.1. The van der Waals surface area contributed by atoms with Crippen molar-refractivity contribution in [2.75, 3.05) is 0 Å². The van der Waals surface area contributed by atoms with Crippen LogP contribution >= 0.6 is 0 Å². The number of H-pyrrole nitrogens is 1. The fourth-order valence-electron chi connectivity index (χ4n) is 1.53. The zero-order chi connectivity index (χ0) is 10.8. The molecule has 0 fully saturated rings. The summed E-state index contributed by atoms with van der Waals surface area (Å²) < 4.78 is 0. The molecule has 2 aromatic rings. The van der Waals surface area contributed by atoms with Gasteiger partial charge in [0, 0.05) is 23.7 Å². The number of carboxylic acids is 1. The number of hydrogen-bond acceptors (Lipinski definition) is 1. The second-order valence-electron chi connectivity index (χ2n) is 3.48. The topological polar surface area (TPSA) is 53.1 Å². The van der Waals surface area contributed by atoms with Gasteiger partial charge in [-0.05, 0) is 29.1 Å². The van der Waals surface area contributed by atoms with Crippen LogP contribution in [0.3, 0.4) is 0 Å². The van der Waals surface area contributed by atoms with Gasteiger partial charge >= 0.3 is 5.97 Å². The van der Waals surface area contributed by atoms with Crippen molar-refractivity contribution in [3.63, 3.8) is 0 Å². The first-order valence-electron chi connectivity index (χ1n) is 4.64. The van der Waals surface area contributed by atoms with E-state index in [1.54, 1.807) is 0 Å². The highest BCUT2D eigenvalue weighted by Crippen LogP contribution is 2.16. The summed E-state index contributed by atoms with van der Waals surface area (Å²) in [4.78, 5) is 13.7. The van der Waals surface area contributed by atoms with Crippen molar-refractivity contribution in [2.24, 2.45) is 0 Å². The van der Waals surface area contributed by atoms with Gasteiger partial charge in [-0.25, -0.2) is 4.79 Å². The average molecular weight is 201 g/mol. The van der Waals surface area contributed by atoms with Gasteiger partial charge in [-0.3, -0.25) is 0 Å². The highest BCUT2D eigenvalue weighted by Gasteiger charge is 2.05. The maximum absolute atomic E-state index is 10.6. The third-order valence-electron chi connectivity index (χ3n) is 2.34. The molecule has 0 aliphatic carbocycles. The molecule has 0 atom stereocenters. The van der Waals surface area contributed by atoms with Crippen molar-refractivity contribution in [3.8, 4) is 0 Å². The minimum absolute atomic E-state index is 0.213. The first-order chi connectivity index (χ1) is 7.16. The third-order valence-corrected chi connectivity index (χ3v) is 2.34. The molecule has 3 heteroatoms. The molecule has 0 bridgehead atoms. The minimum Gasteiger partial charge on any atom is -0.478 e. The van der Waals surface area contributed by atoms with Crippen molar-refractivity contribution < 1.29 is 9.90 Å². The number of carbonyl (C=O) groups is 1. The summed E-state index contributed by atoms with van der Waals surface area (Å²) in [6.07, 6.45) is 2.25. The lowest BCUT2D eigenvalue weighted by Crippen LogP contribution is -2.01. The molecule has 1 aromatic carbocycles. The Kier molecular flexibility index (Phi) is 2.29. The summed E-state index contributed by atoms with van der Waals surface area (Å²) in [6, 6.07) is 7.79. The molecule has 0 aliphatic rings. The molecule has 76 valence electrons. The smallest absolute Gasteiger partial charge is 0.331 e. The van der Waals surface area contributed by atoms with Crippen molar-refractivity contribution in [2.45, 2.75) is 6.42 Å². The number of fused-ring (bicyclic) bond motifs is 1. The van der Waals surface area contributed by atoms with Gasteiger partial charge in [0.05, 0.1) is 0 Å². The summed E-state index contributed by atoms with van der Waals surface area (Å²) in [5, 5.41) is 9.80. The van der Waals surface area contributed by atoms with E-state index in [9.17, 15) is 4.79 Å². The van der Waals surface area contributed by atoms with Crippen LogP contribution in [0, 0.1) is 0 Å². The average Bonchev–Trinajstić information content (AvgIpc) is 2.64. The molecule has 0 saturated carbocycles. The van der Waals surface area contributed by atoms with E-state index in [-0.39, 0.29) is 5.57 Å². The number of aromatic amines is 1. The maximum atomic E-state index is 10.6. The van der Waals surface area contributed by atoms with E-state index in [2.05, 4.69) is 11.6 Å². The Hall–Kier alpha value is -2.03. The van der Waals surface area contributed by atoms with Crippen LogP contribution in [0.25, 0.3) is 10.9 Å². The normalized spacial score (nSPS) is 10.4. The number of nitrogens with one attached hydrogen (secondary N) is 1. The Balaban J connectivity index is 2.28. The number of aromatic nitrogens is 1. The number of carboxylic acid groups (broad SMARTS) is 1. The van der Waals surface area contributed by atoms with Crippen LogP contribution in [0.5, 0.6) is 0 Å². The molecule has 1 heterocycles. The summed E-state index contributed by atoms with van der Waals surface area (Å²) in [5.74, 6) is -0.941. The predicted octanol–water partition coefficient (Wildman–Crippen LogP) is 2.35. The van der Waals surface area contributed by atoms with E-state index < -0.39 is 5.97 Å². The van der Waals surface area contributed by atoms with Gasteiger partial charge in [-0.2, -0.15) is 0 Å². The number of aliphatic carboxylic acids is 1. The van der Waals surface area contributed by atoms with E-state index in [4.69, 9.17) is 5.11 Å². The Morgan fingerprint density at radius 3 is 2.93 bits per heavy atom. The molecule has 0 unspecified atom stereocenters. The van der Waals surface area contributed by atoms with Gasteiger partial charge in [0.2, 0.25) is 0 Å². The largest absolute Gasteiger partial charge is 0.478 e. The summed E-state index contributed by atoms with van der Waals surface area (Å²) in [5.41, 5.74) is 2.24. The Morgan fingerprint density at radius 2 is 2.20 bits per heavy atom. The van der Waals surface area contributed by atoms with Gasteiger partial charge in [-0.15, -0.1) is 0 Å². The second kappa shape index (κ2) is 3.61. The van der Waals surface area contributed by atoms with Gasteiger partial charge in [0.25, 0.3) is 0 Å². The van der Waals surface area contributed by atoms with Crippen molar-refractivity contribution >= 4 is 16.9 Å². The summed E-state index contributed by atoms with van der Waals surface area (Å²) in [6.45, 7) is 3.51. The summed E-state index contributed by atoms with van der Waals surface area (Å²) in [7, 11) is 0. The van der Waals surface area contributed by atoms with E-state index >= 15 is 0 Å². The van der Waals surface area contributed by atoms with Crippen molar-refractivity contribution in [3.05, 3.63) is 48.2 Å². The van der Waals surface area contributed by atoms with Gasteiger partial charge in [-0.1, -0.05) is 12.6 Å². The molecule has 0 spiro atoms. The predicted molar refractivity (Wildman–Crippen MR) is 58.8 cm³/mol. The molecule has 2 N–H and O–H groups in total. The highest BCUT2D eigenvalue weighted by molar-refractivity contribution is 5.87. The van der Waals surface area contributed by atoms with Crippen LogP contribution < -0.4 is 0 Å². The molecule has 0 aliphatic heterocycles. The first-order valence-corrected chi connectivity index (χ1v) is 4.64. The van der Waals surface area contributed by atoms with Crippen molar-refractivity contribution in [1.82, 2.24) is 4.98 Å². The van der Waals surface area contributed by atoms with Crippen molar-refractivity contribution in [1.29, 1.82) is 0 Å².